The molecule has 2 amide bonds. The molecule has 2 aliphatic rings. The number of rotatable bonds is 3. The molecule has 1 N–H and O–H groups in total. The molecule has 0 aromatic heterocycles. The minimum atomic E-state index is -0.776. The maximum Gasteiger partial charge on any atom is 0.227 e. The van der Waals surface area contributed by atoms with E-state index in [9.17, 15) is 18.4 Å². The number of halogens is 2. The van der Waals surface area contributed by atoms with Crippen LogP contribution in [0.1, 0.15) is 45.4 Å². The van der Waals surface area contributed by atoms with Gasteiger partial charge in [-0.15, -0.1) is 0 Å². The number of likely N-dealkylation sites (tertiary alicyclic amines) is 1. The second-order valence-electron chi connectivity index (χ2n) is 7.67. The molecule has 1 aromatic rings. The number of piperidine rings is 1. The van der Waals surface area contributed by atoms with Gasteiger partial charge in [-0.3, -0.25) is 9.59 Å². The third-order valence-electron chi connectivity index (χ3n) is 5.73. The molecule has 6 heteroatoms. The first kappa shape index (κ1) is 18.8. The topological polar surface area (TPSA) is 49.4 Å². The molecule has 0 bridgehead atoms. The molecule has 26 heavy (non-hydrogen) atoms. The number of hydrogen-bond donors (Lipinski definition) is 1. The van der Waals surface area contributed by atoms with E-state index in [4.69, 9.17) is 0 Å². The molecule has 3 rings (SSSR count). The van der Waals surface area contributed by atoms with Crippen LogP contribution in [0.25, 0.3) is 0 Å². The van der Waals surface area contributed by atoms with Crippen LogP contribution in [-0.2, 0) is 9.59 Å². The third-order valence-corrected chi connectivity index (χ3v) is 5.73. The van der Waals surface area contributed by atoms with Gasteiger partial charge in [-0.25, -0.2) is 8.78 Å². The number of carbonyl (C=O) groups excluding carboxylic acids is 2. The molecule has 0 spiro atoms. The number of nitrogens with zero attached hydrogens (tertiary/aromatic N) is 1. The smallest absolute Gasteiger partial charge is 0.227 e. The summed E-state index contributed by atoms with van der Waals surface area (Å²) in [6.07, 6.45) is 4.74. The van der Waals surface area contributed by atoms with E-state index in [0.29, 0.717) is 31.6 Å². The number of anilines is 1. The van der Waals surface area contributed by atoms with E-state index in [1.54, 1.807) is 0 Å². The first-order chi connectivity index (χ1) is 12.4. The Bertz CT molecular complexity index is 664. The minimum absolute atomic E-state index is 0.00274. The summed E-state index contributed by atoms with van der Waals surface area (Å²) < 4.78 is 26.6. The molecular formula is C20H26F2N2O2. The zero-order chi connectivity index (χ0) is 18.7. The highest BCUT2D eigenvalue weighted by Crippen LogP contribution is 2.32. The lowest BCUT2D eigenvalue weighted by atomic mass is 9.80. The van der Waals surface area contributed by atoms with Gasteiger partial charge in [-0.05, 0) is 56.6 Å². The summed E-state index contributed by atoms with van der Waals surface area (Å²) in [6, 6.07) is 3.10. The lowest BCUT2D eigenvalue weighted by Crippen LogP contribution is -2.42. The van der Waals surface area contributed by atoms with Crippen molar-refractivity contribution in [2.45, 2.75) is 45.4 Å². The predicted octanol–water partition coefficient (Wildman–Crippen LogP) is 3.97. The molecule has 0 radical (unpaired) electrons. The van der Waals surface area contributed by atoms with Crippen LogP contribution >= 0.6 is 0 Å². The lowest BCUT2D eigenvalue weighted by Gasteiger charge is -2.35. The van der Waals surface area contributed by atoms with Crippen molar-refractivity contribution in [3.8, 4) is 0 Å². The van der Waals surface area contributed by atoms with Gasteiger partial charge in [-0.2, -0.15) is 0 Å². The average Bonchev–Trinajstić information content (AvgIpc) is 2.64. The van der Waals surface area contributed by atoms with Crippen molar-refractivity contribution in [2.75, 3.05) is 18.4 Å². The van der Waals surface area contributed by atoms with Gasteiger partial charge in [0.25, 0.3) is 0 Å². The molecular weight excluding hydrogens is 338 g/mol. The fraction of sp³-hybridized carbons (Fsp3) is 0.600. The van der Waals surface area contributed by atoms with Crippen LogP contribution in [-0.4, -0.2) is 29.8 Å². The van der Waals surface area contributed by atoms with Crippen molar-refractivity contribution < 1.29 is 18.4 Å². The van der Waals surface area contributed by atoms with E-state index in [-0.39, 0.29) is 29.3 Å². The normalized spacial score (nSPS) is 24.3. The Morgan fingerprint density at radius 1 is 1.00 bits per heavy atom. The fourth-order valence-corrected chi connectivity index (χ4v) is 3.92. The van der Waals surface area contributed by atoms with Crippen molar-refractivity contribution in [3.63, 3.8) is 0 Å². The number of carbonyl (C=O) groups is 2. The summed E-state index contributed by atoms with van der Waals surface area (Å²) in [5, 5.41) is 2.54. The Labute approximate surface area is 152 Å². The van der Waals surface area contributed by atoms with Crippen LogP contribution in [0, 0.1) is 29.4 Å². The molecule has 4 nitrogen and oxygen atoms in total. The number of nitrogens with one attached hydrogen (secondary N) is 1. The highest BCUT2D eigenvalue weighted by Gasteiger charge is 2.33. The van der Waals surface area contributed by atoms with Crippen LogP contribution < -0.4 is 5.32 Å². The van der Waals surface area contributed by atoms with Gasteiger partial charge >= 0.3 is 0 Å². The van der Waals surface area contributed by atoms with E-state index >= 15 is 0 Å². The van der Waals surface area contributed by atoms with Crippen LogP contribution in [0.4, 0.5) is 14.5 Å². The van der Waals surface area contributed by atoms with Crippen LogP contribution in [0.5, 0.6) is 0 Å². The zero-order valence-corrected chi connectivity index (χ0v) is 15.1. The van der Waals surface area contributed by atoms with Gasteiger partial charge in [0.15, 0.2) is 0 Å². The highest BCUT2D eigenvalue weighted by atomic mass is 19.1. The summed E-state index contributed by atoms with van der Waals surface area (Å²) in [6.45, 7) is 3.89. The fourth-order valence-electron chi connectivity index (χ4n) is 3.92. The third kappa shape index (κ3) is 4.40. The molecule has 142 valence electrons. The van der Waals surface area contributed by atoms with Crippen molar-refractivity contribution in [1.29, 1.82) is 0 Å². The standard InChI is InChI=1S/C20H26F2N2O2/c1-13-8-10-24(11-9-13)20(26)15-4-2-14(3-5-15)19(25)23-18-7-6-16(21)12-17(18)22/h6-7,12-15H,2-5,8-11H2,1H3,(H,23,25). The van der Waals surface area contributed by atoms with Gasteiger partial charge in [0.1, 0.15) is 11.6 Å². The molecule has 1 saturated carbocycles. The molecule has 1 heterocycles. The summed E-state index contributed by atoms with van der Waals surface area (Å²) in [5.41, 5.74) is -0.00274. The lowest BCUT2D eigenvalue weighted by molar-refractivity contribution is -0.139. The first-order valence-corrected chi connectivity index (χ1v) is 9.48. The summed E-state index contributed by atoms with van der Waals surface area (Å²) in [7, 11) is 0. The first-order valence-electron chi connectivity index (χ1n) is 9.48. The van der Waals surface area contributed by atoms with Crippen LogP contribution in [0.15, 0.2) is 18.2 Å². The summed E-state index contributed by atoms with van der Waals surface area (Å²) >= 11 is 0. The van der Waals surface area contributed by atoms with Crippen LogP contribution in [0.3, 0.4) is 0 Å². The summed E-state index contributed by atoms with van der Waals surface area (Å²) in [4.78, 5) is 27.0. The van der Waals surface area contributed by atoms with E-state index in [1.165, 1.54) is 6.07 Å². The van der Waals surface area contributed by atoms with Gasteiger partial charge < -0.3 is 10.2 Å². The Morgan fingerprint density at radius 3 is 2.23 bits per heavy atom. The number of hydrogen-bond acceptors (Lipinski definition) is 2. The van der Waals surface area contributed by atoms with Gasteiger partial charge in [0, 0.05) is 31.0 Å². The van der Waals surface area contributed by atoms with Crippen molar-refractivity contribution in [2.24, 2.45) is 17.8 Å². The van der Waals surface area contributed by atoms with E-state index in [1.807, 2.05) is 4.90 Å². The van der Waals surface area contributed by atoms with E-state index in [2.05, 4.69) is 12.2 Å². The predicted molar refractivity (Wildman–Crippen MR) is 95.4 cm³/mol. The largest absolute Gasteiger partial charge is 0.342 e. The van der Waals surface area contributed by atoms with Gasteiger partial charge in [-0.1, -0.05) is 6.92 Å². The molecule has 1 aromatic carbocycles. The second-order valence-corrected chi connectivity index (χ2v) is 7.67. The Hall–Kier alpha value is -1.98. The molecule has 1 aliphatic carbocycles. The Balaban J connectivity index is 1.50. The molecule has 1 aliphatic heterocycles. The monoisotopic (exact) mass is 364 g/mol. The van der Waals surface area contributed by atoms with Crippen LogP contribution in [0.2, 0.25) is 0 Å². The average molecular weight is 364 g/mol. The van der Waals surface area contributed by atoms with E-state index in [0.717, 1.165) is 38.1 Å². The summed E-state index contributed by atoms with van der Waals surface area (Å²) in [5.74, 6) is -1.04. The molecule has 0 atom stereocenters. The zero-order valence-electron chi connectivity index (χ0n) is 15.1. The SMILES string of the molecule is CC1CCN(C(=O)C2CCC(C(=O)Nc3ccc(F)cc3F)CC2)CC1. The van der Waals surface area contributed by atoms with Gasteiger partial charge in [0.05, 0.1) is 5.69 Å². The minimum Gasteiger partial charge on any atom is -0.342 e. The molecule has 2 fully saturated rings. The van der Waals surface area contributed by atoms with Gasteiger partial charge in [0.2, 0.25) is 11.8 Å². The quantitative estimate of drug-likeness (QED) is 0.882. The van der Waals surface area contributed by atoms with Crippen molar-refractivity contribution >= 4 is 17.5 Å². The highest BCUT2D eigenvalue weighted by molar-refractivity contribution is 5.92. The number of benzene rings is 1. The second kappa shape index (κ2) is 8.14. The van der Waals surface area contributed by atoms with E-state index < -0.39 is 11.6 Å². The number of amides is 2. The Morgan fingerprint density at radius 2 is 1.62 bits per heavy atom. The Kier molecular flexibility index (Phi) is 5.89. The molecule has 1 saturated heterocycles. The molecule has 0 unspecified atom stereocenters. The maximum absolute atomic E-state index is 13.7. The van der Waals surface area contributed by atoms with Crippen molar-refractivity contribution in [3.05, 3.63) is 29.8 Å². The van der Waals surface area contributed by atoms with Crippen molar-refractivity contribution in [1.82, 2.24) is 4.90 Å². The maximum atomic E-state index is 13.7.